The second kappa shape index (κ2) is 5.31. The smallest absolute Gasteiger partial charge is 0.236 e. The molecule has 18 heavy (non-hydrogen) atoms. The van der Waals surface area contributed by atoms with Gasteiger partial charge in [-0.05, 0) is 31.2 Å². The Hall–Kier alpha value is -2.36. The summed E-state index contributed by atoms with van der Waals surface area (Å²) in [6, 6.07) is 14.0. The number of aromatic nitrogens is 1. The highest BCUT2D eigenvalue weighted by atomic mass is 16.2. The number of hydrogen-bond donors (Lipinski definition) is 1. The van der Waals surface area contributed by atoms with E-state index >= 15 is 0 Å². The number of carbonyl (C=O) groups is 1. The Morgan fingerprint density at radius 1 is 1.22 bits per heavy atom. The zero-order valence-corrected chi connectivity index (χ0v) is 10.4. The summed E-state index contributed by atoms with van der Waals surface area (Å²) in [4.78, 5) is 10.8. The molecule has 0 spiro atoms. The molecule has 1 heterocycles. The van der Waals surface area contributed by atoms with Gasteiger partial charge in [0, 0.05) is 18.3 Å². The predicted molar refractivity (Wildman–Crippen MR) is 71.9 cm³/mol. The summed E-state index contributed by atoms with van der Waals surface area (Å²) in [7, 11) is 0. The van der Waals surface area contributed by atoms with E-state index in [4.69, 9.17) is 0 Å². The van der Waals surface area contributed by atoms with Crippen molar-refractivity contribution in [3.05, 3.63) is 53.9 Å². The number of benzene rings is 1. The molecule has 0 atom stereocenters. The molecule has 0 unspecified atom stereocenters. The zero-order chi connectivity index (χ0) is 13.0. The first kappa shape index (κ1) is 12.1. The lowest BCUT2D eigenvalue weighted by molar-refractivity contribution is -0.118. The molecule has 4 nitrogen and oxygen atoms in total. The van der Waals surface area contributed by atoms with Crippen LogP contribution in [0.4, 0.5) is 0 Å². The van der Waals surface area contributed by atoms with Crippen LogP contribution in [0.2, 0.25) is 0 Å². The van der Waals surface area contributed by atoms with E-state index in [1.807, 2.05) is 49.4 Å². The summed E-state index contributed by atoms with van der Waals surface area (Å²) in [6.45, 7) is 3.46. The maximum atomic E-state index is 10.8. The average Bonchev–Trinajstić information content (AvgIpc) is 2.71. The Bertz CT molecular complexity index is 570. The summed E-state index contributed by atoms with van der Waals surface area (Å²) in [5.41, 5.74) is 5.51. The van der Waals surface area contributed by atoms with E-state index in [1.54, 1.807) is 6.21 Å². The van der Waals surface area contributed by atoms with Crippen LogP contribution in [0, 0.1) is 6.92 Å². The SMILES string of the molecule is CC(=O)N/N=C/c1ccc(C)n1-c1ccccc1. The summed E-state index contributed by atoms with van der Waals surface area (Å²) in [5.74, 6) is -0.180. The van der Waals surface area contributed by atoms with Gasteiger partial charge in [0.25, 0.3) is 0 Å². The molecule has 2 rings (SSSR count). The number of nitrogens with zero attached hydrogens (tertiary/aromatic N) is 2. The van der Waals surface area contributed by atoms with Crippen LogP contribution in [-0.4, -0.2) is 16.7 Å². The van der Waals surface area contributed by atoms with Crippen molar-refractivity contribution in [1.29, 1.82) is 0 Å². The first-order valence-corrected chi connectivity index (χ1v) is 5.72. The molecule has 1 aromatic carbocycles. The van der Waals surface area contributed by atoms with Gasteiger partial charge in [0.05, 0.1) is 11.9 Å². The number of hydrogen-bond acceptors (Lipinski definition) is 2. The molecule has 0 radical (unpaired) electrons. The van der Waals surface area contributed by atoms with Crippen LogP contribution in [0.1, 0.15) is 18.3 Å². The number of para-hydroxylation sites is 1. The fraction of sp³-hybridized carbons (Fsp3) is 0.143. The van der Waals surface area contributed by atoms with Crippen molar-refractivity contribution >= 4 is 12.1 Å². The summed E-state index contributed by atoms with van der Waals surface area (Å²) in [5, 5.41) is 3.90. The Morgan fingerprint density at radius 2 is 1.94 bits per heavy atom. The topological polar surface area (TPSA) is 46.4 Å². The van der Waals surface area contributed by atoms with Crippen molar-refractivity contribution in [3.8, 4) is 5.69 Å². The second-order valence-corrected chi connectivity index (χ2v) is 4.00. The van der Waals surface area contributed by atoms with Gasteiger partial charge in [-0.3, -0.25) is 4.79 Å². The normalized spacial score (nSPS) is 10.8. The van der Waals surface area contributed by atoms with Crippen molar-refractivity contribution in [2.75, 3.05) is 0 Å². The molecule has 4 heteroatoms. The molecule has 0 saturated heterocycles. The third-order valence-corrected chi connectivity index (χ3v) is 2.54. The Morgan fingerprint density at radius 3 is 2.61 bits per heavy atom. The molecular weight excluding hydrogens is 226 g/mol. The van der Waals surface area contributed by atoms with Crippen molar-refractivity contribution in [1.82, 2.24) is 9.99 Å². The molecule has 0 aliphatic carbocycles. The summed E-state index contributed by atoms with van der Waals surface area (Å²) in [6.07, 6.45) is 1.64. The minimum Gasteiger partial charge on any atom is -0.313 e. The van der Waals surface area contributed by atoms with E-state index in [0.29, 0.717) is 0 Å². The van der Waals surface area contributed by atoms with E-state index in [0.717, 1.165) is 17.1 Å². The van der Waals surface area contributed by atoms with Gasteiger partial charge >= 0.3 is 0 Å². The second-order valence-electron chi connectivity index (χ2n) is 4.00. The number of aryl methyl sites for hydroxylation is 1. The summed E-state index contributed by atoms with van der Waals surface area (Å²) < 4.78 is 2.07. The van der Waals surface area contributed by atoms with Gasteiger partial charge in [0.2, 0.25) is 5.91 Å². The fourth-order valence-electron chi connectivity index (χ4n) is 1.78. The minimum atomic E-state index is -0.180. The van der Waals surface area contributed by atoms with Crippen LogP contribution in [-0.2, 0) is 4.79 Å². The molecule has 0 fully saturated rings. The number of hydrazone groups is 1. The molecule has 1 aromatic heterocycles. The zero-order valence-electron chi connectivity index (χ0n) is 10.4. The third-order valence-electron chi connectivity index (χ3n) is 2.54. The van der Waals surface area contributed by atoms with Crippen molar-refractivity contribution in [2.45, 2.75) is 13.8 Å². The molecule has 2 aromatic rings. The van der Waals surface area contributed by atoms with E-state index in [-0.39, 0.29) is 5.91 Å². The largest absolute Gasteiger partial charge is 0.313 e. The molecule has 0 aliphatic rings. The summed E-state index contributed by atoms with van der Waals surface area (Å²) >= 11 is 0. The molecular formula is C14H15N3O. The lowest BCUT2D eigenvalue weighted by Crippen LogP contribution is -2.13. The number of amides is 1. The van der Waals surface area contributed by atoms with E-state index in [1.165, 1.54) is 6.92 Å². The first-order chi connectivity index (χ1) is 8.68. The van der Waals surface area contributed by atoms with Gasteiger partial charge in [0.15, 0.2) is 0 Å². The molecule has 1 amide bonds. The van der Waals surface area contributed by atoms with Crippen LogP contribution in [0.5, 0.6) is 0 Å². The molecule has 0 aliphatic heterocycles. The van der Waals surface area contributed by atoms with Crippen LogP contribution in [0.3, 0.4) is 0 Å². The molecule has 1 N–H and O–H groups in total. The first-order valence-electron chi connectivity index (χ1n) is 5.72. The minimum absolute atomic E-state index is 0.180. The Labute approximate surface area is 106 Å². The van der Waals surface area contributed by atoms with Gasteiger partial charge in [-0.15, -0.1) is 0 Å². The number of carbonyl (C=O) groups excluding carboxylic acids is 1. The predicted octanol–water partition coefficient (Wildman–Crippen LogP) is 2.26. The molecule has 92 valence electrons. The average molecular weight is 241 g/mol. The number of rotatable bonds is 3. The molecule has 0 saturated carbocycles. The van der Waals surface area contributed by atoms with Gasteiger partial charge in [-0.25, -0.2) is 5.43 Å². The maximum Gasteiger partial charge on any atom is 0.236 e. The van der Waals surface area contributed by atoms with Crippen molar-refractivity contribution in [3.63, 3.8) is 0 Å². The van der Waals surface area contributed by atoms with Gasteiger partial charge in [-0.2, -0.15) is 5.10 Å². The lowest BCUT2D eigenvalue weighted by Gasteiger charge is -2.08. The van der Waals surface area contributed by atoms with E-state index < -0.39 is 0 Å². The quantitative estimate of drug-likeness (QED) is 0.650. The van der Waals surface area contributed by atoms with E-state index in [9.17, 15) is 4.79 Å². The van der Waals surface area contributed by atoms with Gasteiger partial charge in [-0.1, -0.05) is 18.2 Å². The van der Waals surface area contributed by atoms with E-state index in [2.05, 4.69) is 15.1 Å². The Balaban J connectivity index is 2.34. The van der Waals surface area contributed by atoms with Crippen LogP contribution < -0.4 is 5.43 Å². The van der Waals surface area contributed by atoms with Crippen LogP contribution in [0.15, 0.2) is 47.6 Å². The Kier molecular flexibility index (Phi) is 3.57. The highest BCUT2D eigenvalue weighted by Crippen LogP contribution is 2.15. The highest BCUT2D eigenvalue weighted by Gasteiger charge is 2.04. The number of nitrogens with one attached hydrogen (secondary N) is 1. The molecule has 0 bridgehead atoms. The highest BCUT2D eigenvalue weighted by molar-refractivity contribution is 5.81. The van der Waals surface area contributed by atoms with Crippen molar-refractivity contribution < 1.29 is 4.79 Å². The standard InChI is InChI=1S/C14H15N3O/c1-11-8-9-14(10-15-16-12(2)18)17(11)13-6-4-3-5-7-13/h3-10H,1-2H3,(H,16,18)/b15-10+. The van der Waals surface area contributed by atoms with Gasteiger partial charge < -0.3 is 4.57 Å². The van der Waals surface area contributed by atoms with Gasteiger partial charge in [0.1, 0.15) is 0 Å². The lowest BCUT2D eigenvalue weighted by atomic mass is 10.3. The third kappa shape index (κ3) is 2.66. The van der Waals surface area contributed by atoms with Crippen LogP contribution >= 0.6 is 0 Å². The van der Waals surface area contributed by atoms with Crippen LogP contribution in [0.25, 0.3) is 5.69 Å². The maximum absolute atomic E-state index is 10.8. The van der Waals surface area contributed by atoms with Crippen molar-refractivity contribution in [2.24, 2.45) is 5.10 Å². The fourth-order valence-corrected chi connectivity index (χ4v) is 1.78. The monoisotopic (exact) mass is 241 g/mol.